The number of hydrogen-bond acceptors (Lipinski definition) is 2. The van der Waals surface area contributed by atoms with Gasteiger partial charge >= 0.3 is 0 Å². The van der Waals surface area contributed by atoms with Crippen LogP contribution in [0.15, 0.2) is 0 Å². The molecule has 3 nitrogen and oxygen atoms in total. The topological polar surface area (TPSA) is 41.1 Å². The first kappa shape index (κ1) is 14.8. The van der Waals surface area contributed by atoms with Gasteiger partial charge in [0, 0.05) is 18.5 Å². The van der Waals surface area contributed by atoms with Crippen molar-refractivity contribution in [2.24, 2.45) is 5.92 Å². The first-order valence-corrected chi connectivity index (χ1v) is 6.78. The summed E-state index contributed by atoms with van der Waals surface area (Å²) in [6.45, 7) is 3.38. The van der Waals surface area contributed by atoms with Crippen molar-refractivity contribution in [3.8, 4) is 0 Å². The summed E-state index contributed by atoms with van der Waals surface area (Å²) in [5.41, 5.74) is 0. The third-order valence-corrected chi connectivity index (χ3v) is 4.09. The molecule has 2 aliphatic rings. The summed E-state index contributed by atoms with van der Waals surface area (Å²) < 4.78 is 0. The van der Waals surface area contributed by atoms with Crippen LogP contribution in [0.4, 0.5) is 0 Å². The maximum Gasteiger partial charge on any atom is 0.220 e. The molecule has 100 valence electrons. The lowest BCUT2D eigenvalue weighted by molar-refractivity contribution is -0.122. The number of halogens is 1. The molecule has 0 aromatic heterocycles. The predicted molar refractivity (Wildman–Crippen MR) is 72.5 cm³/mol. The normalized spacial score (nSPS) is 32.2. The molecule has 0 bridgehead atoms. The molecular weight excluding hydrogens is 236 g/mol. The van der Waals surface area contributed by atoms with E-state index in [1.165, 1.54) is 32.1 Å². The van der Waals surface area contributed by atoms with Gasteiger partial charge in [-0.1, -0.05) is 13.3 Å². The molecule has 0 radical (unpaired) electrons. The fraction of sp³-hybridized carbons (Fsp3) is 0.923. The Morgan fingerprint density at radius 3 is 2.71 bits per heavy atom. The lowest BCUT2D eigenvalue weighted by Gasteiger charge is -2.18. The zero-order chi connectivity index (χ0) is 11.4. The van der Waals surface area contributed by atoms with E-state index in [1.807, 2.05) is 0 Å². The average Bonchev–Trinajstić information content (AvgIpc) is 2.88. The molecule has 1 amide bonds. The van der Waals surface area contributed by atoms with E-state index >= 15 is 0 Å². The Bertz CT molecular complexity index is 242. The summed E-state index contributed by atoms with van der Waals surface area (Å²) >= 11 is 0. The molecule has 2 N–H and O–H groups in total. The van der Waals surface area contributed by atoms with Crippen LogP contribution < -0.4 is 10.6 Å². The highest BCUT2D eigenvalue weighted by atomic mass is 35.5. The number of amides is 1. The molecule has 2 rings (SSSR count). The van der Waals surface area contributed by atoms with Crippen LogP contribution in [0.1, 0.15) is 51.9 Å². The van der Waals surface area contributed by atoms with Crippen LogP contribution in [0.2, 0.25) is 0 Å². The minimum absolute atomic E-state index is 0. The van der Waals surface area contributed by atoms with E-state index in [-0.39, 0.29) is 18.3 Å². The number of rotatable bonds is 4. The molecule has 0 aromatic carbocycles. The fourth-order valence-electron chi connectivity index (χ4n) is 2.95. The zero-order valence-corrected chi connectivity index (χ0v) is 11.5. The van der Waals surface area contributed by atoms with Crippen molar-refractivity contribution in [2.45, 2.75) is 64.0 Å². The lowest BCUT2D eigenvalue weighted by atomic mass is 10.1. The molecule has 1 aliphatic heterocycles. The molecule has 1 saturated carbocycles. The van der Waals surface area contributed by atoms with E-state index in [9.17, 15) is 4.79 Å². The van der Waals surface area contributed by atoms with Gasteiger partial charge in [0.1, 0.15) is 0 Å². The lowest BCUT2D eigenvalue weighted by Crippen LogP contribution is -2.37. The van der Waals surface area contributed by atoms with Gasteiger partial charge in [-0.05, 0) is 44.6 Å². The van der Waals surface area contributed by atoms with Crippen molar-refractivity contribution < 1.29 is 4.79 Å². The number of carbonyl (C=O) groups excluding carboxylic acids is 1. The Hall–Kier alpha value is -0.280. The second kappa shape index (κ2) is 7.22. The van der Waals surface area contributed by atoms with Crippen LogP contribution in [0.5, 0.6) is 0 Å². The van der Waals surface area contributed by atoms with Crippen LogP contribution in [0, 0.1) is 5.92 Å². The molecule has 4 heteroatoms. The van der Waals surface area contributed by atoms with Gasteiger partial charge in [-0.25, -0.2) is 0 Å². The molecular formula is C13H25ClN2O. The number of hydrogen-bond donors (Lipinski definition) is 2. The van der Waals surface area contributed by atoms with Gasteiger partial charge in [-0.3, -0.25) is 4.79 Å². The van der Waals surface area contributed by atoms with Crippen LogP contribution >= 0.6 is 12.4 Å². The van der Waals surface area contributed by atoms with Crippen molar-refractivity contribution >= 4 is 18.3 Å². The highest BCUT2D eigenvalue weighted by molar-refractivity contribution is 5.85. The summed E-state index contributed by atoms with van der Waals surface area (Å²) in [5, 5.41) is 6.62. The van der Waals surface area contributed by atoms with Gasteiger partial charge < -0.3 is 10.6 Å². The largest absolute Gasteiger partial charge is 0.353 e. The summed E-state index contributed by atoms with van der Waals surface area (Å²) in [6.07, 6.45) is 7.94. The standard InChI is InChI=1S/C13H24N2O.ClH/c1-10-4-2-6-12(10)15-13(16)8-7-11-5-3-9-14-11;/h10-12,14H,2-9H2,1H3,(H,15,16);1H. The average molecular weight is 261 g/mol. The summed E-state index contributed by atoms with van der Waals surface area (Å²) in [7, 11) is 0. The van der Waals surface area contributed by atoms with Crippen LogP contribution in [-0.2, 0) is 4.79 Å². The monoisotopic (exact) mass is 260 g/mol. The SMILES string of the molecule is CC1CCCC1NC(=O)CCC1CCCN1.Cl. The maximum absolute atomic E-state index is 11.8. The molecule has 3 atom stereocenters. The third-order valence-electron chi connectivity index (χ3n) is 4.09. The highest BCUT2D eigenvalue weighted by Crippen LogP contribution is 2.24. The van der Waals surface area contributed by atoms with Gasteiger partial charge in [0.15, 0.2) is 0 Å². The molecule has 1 aliphatic carbocycles. The van der Waals surface area contributed by atoms with Crippen molar-refractivity contribution in [3.05, 3.63) is 0 Å². The van der Waals surface area contributed by atoms with E-state index in [1.54, 1.807) is 0 Å². The minimum atomic E-state index is 0. The quantitative estimate of drug-likeness (QED) is 0.814. The van der Waals surface area contributed by atoms with Gasteiger partial charge in [0.25, 0.3) is 0 Å². The van der Waals surface area contributed by atoms with Gasteiger partial charge in [0.2, 0.25) is 5.91 Å². The van der Waals surface area contributed by atoms with Gasteiger partial charge in [-0.2, -0.15) is 0 Å². The zero-order valence-electron chi connectivity index (χ0n) is 10.7. The molecule has 1 heterocycles. The summed E-state index contributed by atoms with van der Waals surface area (Å²) in [5.74, 6) is 0.931. The first-order valence-electron chi connectivity index (χ1n) is 6.78. The Kier molecular flexibility index (Phi) is 6.28. The number of carbonyl (C=O) groups is 1. The maximum atomic E-state index is 11.8. The van der Waals surface area contributed by atoms with E-state index in [0.29, 0.717) is 24.4 Å². The number of nitrogens with one attached hydrogen (secondary N) is 2. The van der Waals surface area contributed by atoms with Crippen LogP contribution in [0.3, 0.4) is 0 Å². The van der Waals surface area contributed by atoms with Crippen molar-refractivity contribution in [2.75, 3.05) is 6.54 Å². The summed E-state index contributed by atoms with van der Waals surface area (Å²) in [6, 6.07) is 1.04. The van der Waals surface area contributed by atoms with Crippen LogP contribution in [0.25, 0.3) is 0 Å². The van der Waals surface area contributed by atoms with Crippen molar-refractivity contribution in [3.63, 3.8) is 0 Å². The van der Waals surface area contributed by atoms with E-state index in [4.69, 9.17) is 0 Å². The Balaban J connectivity index is 0.00000144. The second-order valence-corrected chi connectivity index (χ2v) is 5.41. The Labute approximate surface area is 111 Å². The molecule has 0 aromatic rings. The van der Waals surface area contributed by atoms with Crippen molar-refractivity contribution in [1.82, 2.24) is 10.6 Å². The molecule has 1 saturated heterocycles. The highest BCUT2D eigenvalue weighted by Gasteiger charge is 2.25. The first-order chi connectivity index (χ1) is 7.75. The smallest absolute Gasteiger partial charge is 0.220 e. The minimum Gasteiger partial charge on any atom is -0.353 e. The van der Waals surface area contributed by atoms with Gasteiger partial charge in [0.05, 0.1) is 0 Å². The fourth-order valence-corrected chi connectivity index (χ4v) is 2.95. The molecule has 0 spiro atoms. The molecule has 3 unspecified atom stereocenters. The van der Waals surface area contributed by atoms with E-state index < -0.39 is 0 Å². The van der Waals surface area contributed by atoms with E-state index in [0.717, 1.165) is 13.0 Å². The van der Waals surface area contributed by atoms with E-state index in [2.05, 4.69) is 17.6 Å². The predicted octanol–water partition coefficient (Wildman–Crippen LogP) is 2.25. The second-order valence-electron chi connectivity index (χ2n) is 5.41. The summed E-state index contributed by atoms with van der Waals surface area (Å²) in [4.78, 5) is 11.8. The van der Waals surface area contributed by atoms with Crippen LogP contribution in [-0.4, -0.2) is 24.5 Å². The third kappa shape index (κ3) is 4.47. The van der Waals surface area contributed by atoms with Gasteiger partial charge in [-0.15, -0.1) is 12.4 Å². The Morgan fingerprint density at radius 1 is 1.29 bits per heavy atom. The van der Waals surface area contributed by atoms with Crippen molar-refractivity contribution in [1.29, 1.82) is 0 Å². The molecule has 17 heavy (non-hydrogen) atoms. The Morgan fingerprint density at radius 2 is 2.12 bits per heavy atom. The molecule has 2 fully saturated rings.